The van der Waals surface area contributed by atoms with E-state index in [1.54, 1.807) is 0 Å². The van der Waals surface area contributed by atoms with Gasteiger partial charge in [0.2, 0.25) is 0 Å². The molecule has 1 aromatic rings. The van der Waals surface area contributed by atoms with Crippen molar-refractivity contribution in [2.45, 2.75) is 138 Å². The topological polar surface area (TPSA) is 61.5 Å². The van der Waals surface area contributed by atoms with E-state index in [1.165, 1.54) is 51.9 Å². The third kappa shape index (κ3) is 8.23. The third-order valence-corrected chi connectivity index (χ3v) is 8.34. The van der Waals surface area contributed by atoms with Crippen LogP contribution in [-0.4, -0.2) is 17.6 Å². The number of hydrogen-bond donors (Lipinski definition) is 1. The minimum atomic E-state index is -0.371. The fourth-order valence-electron chi connectivity index (χ4n) is 5.60. The lowest BCUT2D eigenvalue weighted by molar-refractivity contribution is -0.132. The van der Waals surface area contributed by atoms with E-state index < -0.39 is 0 Å². The Morgan fingerprint density at radius 2 is 1.49 bits per heavy atom. The van der Waals surface area contributed by atoms with Crippen molar-refractivity contribution in [1.82, 2.24) is 0 Å². The van der Waals surface area contributed by atoms with Gasteiger partial charge in [0.1, 0.15) is 17.1 Å². The van der Waals surface area contributed by atoms with E-state index in [2.05, 4.69) is 41.5 Å². The van der Waals surface area contributed by atoms with E-state index in [-0.39, 0.29) is 17.6 Å². The second-order valence-corrected chi connectivity index (χ2v) is 12.2. The summed E-state index contributed by atoms with van der Waals surface area (Å²) in [5, 5.41) is 0. The summed E-state index contributed by atoms with van der Waals surface area (Å²) in [4.78, 5) is 11.6. The molecule has 35 heavy (non-hydrogen) atoms. The largest absolute Gasteiger partial charge is 0.485 e. The van der Waals surface area contributed by atoms with Crippen LogP contribution in [0.2, 0.25) is 0 Å². The van der Waals surface area contributed by atoms with Crippen LogP contribution in [0.25, 0.3) is 0 Å². The standard InChI is InChI=1S/C31H53NO3/c1-20(2)13-10-14-21(3)15-11-16-22(4)17-12-18-31(9)28(32)19-27-25(7)29(34-26(8)33)23(5)24(6)30(27)35-31/h20-22,28H,10-19,32H2,1-9H3. The monoisotopic (exact) mass is 487 g/mol. The molecule has 0 aliphatic carbocycles. The fourth-order valence-corrected chi connectivity index (χ4v) is 5.60. The van der Waals surface area contributed by atoms with E-state index in [1.807, 2.05) is 13.8 Å². The molecule has 0 amide bonds. The predicted molar refractivity (Wildman–Crippen MR) is 147 cm³/mol. The molecule has 0 aromatic heterocycles. The maximum Gasteiger partial charge on any atom is 0.308 e. The molecule has 2 N–H and O–H groups in total. The van der Waals surface area contributed by atoms with E-state index in [0.29, 0.717) is 5.75 Å². The Balaban J connectivity index is 1.89. The molecule has 1 heterocycles. The van der Waals surface area contributed by atoms with Crippen LogP contribution in [0.1, 0.15) is 122 Å². The van der Waals surface area contributed by atoms with Gasteiger partial charge in [-0.3, -0.25) is 4.79 Å². The molecule has 200 valence electrons. The summed E-state index contributed by atoms with van der Waals surface area (Å²) < 4.78 is 12.2. The third-order valence-electron chi connectivity index (χ3n) is 8.34. The highest BCUT2D eigenvalue weighted by Crippen LogP contribution is 2.44. The first kappa shape index (κ1) is 29.7. The van der Waals surface area contributed by atoms with Gasteiger partial charge >= 0.3 is 5.97 Å². The SMILES string of the molecule is CC(=O)Oc1c(C)c(C)c2c(c1C)CC(N)C(C)(CCCC(C)CCCC(C)CCCC(C)C)O2. The second-order valence-electron chi connectivity index (χ2n) is 12.2. The Labute approximate surface area is 215 Å². The van der Waals surface area contributed by atoms with E-state index in [0.717, 1.165) is 65.0 Å². The lowest BCUT2D eigenvalue weighted by atomic mass is 9.80. The Hall–Kier alpha value is -1.55. The lowest BCUT2D eigenvalue weighted by Crippen LogP contribution is -2.54. The highest BCUT2D eigenvalue weighted by atomic mass is 16.5. The maximum atomic E-state index is 11.6. The second kappa shape index (κ2) is 13.1. The van der Waals surface area contributed by atoms with Crippen molar-refractivity contribution < 1.29 is 14.3 Å². The Morgan fingerprint density at radius 3 is 2.03 bits per heavy atom. The average Bonchev–Trinajstić information content (AvgIpc) is 2.76. The molecule has 1 aliphatic rings. The van der Waals surface area contributed by atoms with E-state index >= 15 is 0 Å². The minimum Gasteiger partial charge on any atom is -0.485 e. The number of ether oxygens (including phenoxy) is 2. The number of carbonyl (C=O) groups excluding carboxylic acids is 1. The summed E-state index contributed by atoms with van der Waals surface area (Å²) in [5.74, 6) is 3.73. The zero-order valence-corrected chi connectivity index (χ0v) is 24.2. The highest BCUT2D eigenvalue weighted by molar-refractivity contribution is 5.72. The quantitative estimate of drug-likeness (QED) is 0.226. The number of esters is 1. The molecule has 0 fully saturated rings. The molecule has 0 saturated heterocycles. The van der Waals surface area contributed by atoms with Gasteiger partial charge in [0, 0.05) is 18.5 Å². The normalized spacial score (nSPS) is 21.4. The van der Waals surface area contributed by atoms with Gasteiger partial charge in [-0.05, 0) is 81.4 Å². The van der Waals surface area contributed by atoms with E-state index in [4.69, 9.17) is 15.2 Å². The Kier molecular flexibility index (Phi) is 11.1. The van der Waals surface area contributed by atoms with Crippen LogP contribution in [-0.2, 0) is 11.2 Å². The number of rotatable bonds is 13. The van der Waals surface area contributed by atoms with E-state index in [9.17, 15) is 4.79 Å². The molecule has 4 heteroatoms. The van der Waals surface area contributed by atoms with Crippen molar-refractivity contribution in [3.63, 3.8) is 0 Å². The number of fused-ring (bicyclic) bond motifs is 1. The molecular weight excluding hydrogens is 434 g/mol. The summed E-state index contributed by atoms with van der Waals surface area (Å²) >= 11 is 0. The zero-order valence-electron chi connectivity index (χ0n) is 24.2. The van der Waals surface area contributed by atoms with Crippen LogP contribution in [0.5, 0.6) is 11.5 Å². The van der Waals surface area contributed by atoms with Gasteiger partial charge in [-0.15, -0.1) is 0 Å². The number of carbonyl (C=O) groups is 1. The van der Waals surface area contributed by atoms with Crippen molar-refractivity contribution in [2.75, 3.05) is 0 Å². The fraction of sp³-hybridized carbons (Fsp3) is 0.774. The molecule has 0 radical (unpaired) electrons. The highest BCUT2D eigenvalue weighted by Gasteiger charge is 2.40. The van der Waals surface area contributed by atoms with Crippen molar-refractivity contribution in [3.05, 3.63) is 22.3 Å². The van der Waals surface area contributed by atoms with Crippen molar-refractivity contribution in [3.8, 4) is 11.5 Å². The molecule has 2 rings (SSSR count). The van der Waals surface area contributed by atoms with Crippen molar-refractivity contribution in [2.24, 2.45) is 23.5 Å². The van der Waals surface area contributed by atoms with Crippen LogP contribution < -0.4 is 15.2 Å². The first-order valence-corrected chi connectivity index (χ1v) is 14.1. The van der Waals surface area contributed by atoms with Gasteiger partial charge in [-0.2, -0.15) is 0 Å². The lowest BCUT2D eigenvalue weighted by Gasteiger charge is -2.42. The summed E-state index contributed by atoms with van der Waals surface area (Å²) in [5.41, 5.74) is 10.4. The molecule has 4 nitrogen and oxygen atoms in total. The predicted octanol–water partition coefficient (Wildman–Crippen LogP) is 8.00. The van der Waals surface area contributed by atoms with Crippen LogP contribution >= 0.6 is 0 Å². The first-order chi connectivity index (χ1) is 16.4. The van der Waals surface area contributed by atoms with Gasteiger partial charge in [-0.25, -0.2) is 0 Å². The minimum absolute atomic E-state index is 0.0806. The summed E-state index contributed by atoms with van der Waals surface area (Å²) in [6.07, 6.45) is 12.2. The van der Waals surface area contributed by atoms with Crippen LogP contribution in [0.3, 0.4) is 0 Å². The maximum absolute atomic E-state index is 11.6. The van der Waals surface area contributed by atoms with Crippen LogP contribution in [0.15, 0.2) is 0 Å². The first-order valence-electron chi connectivity index (χ1n) is 14.1. The summed E-state index contributed by atoms with van der Waals surface area (Å²) in [6, 6.07) is -0.0806. The Bertz CT molecular complexity index is 846. The Morgan fingerprint density at radius 1 is 0.943 bits per heavy atom. The molecule has 0 saturated carbocycles. The van der Waals surface area contributed by atoms with Gasteiger partial charge in [0.05, 0.1) is 0 Å². The molecule has 4 unspecified atom stereocenters. The van der Waals surface area contributed by atoms with Gasteiger partial charge in [0.25, 0.3) is 0 Å². The van der Waals surface area contributed by atoms with Gasteiger partial charge in [0.15, 0.2) is 0 Å². The smallest absolute Gasteiger partial charge is 0.308 e. The molecule has 0 spiro atoms. The zero-order chi connectivity index (χ0) is 26.3. The molecule has 4 atom stereocenters. The van der Waals surface area contributed by atoms with Crippen LogP contribution in [0.4, 0.5) is 0 Å². The van der Waals surface area contributed by atoms with Crippen molar-refractivity contribution in [1.29, 1.82) is 0 Å². The molecular formula is C31H53NO3. The summed E-state index contributed by atoms with van der Waals surface area (Å²) in [7, 11) is 0. The number of benzene rings is 1. The number of hydrogen-bond acceptors (Lipinski definition) is 4. The van der Waals surface area contributed by atoms with Gasteiger partial charge < -0.3 is 15.2 Å². The molecule has 0 bridgehead atoms. The van der Waals surface area contributed by atoms with Crippen LogP contribution in [0, 0.1) is 38.5 Å². The van der Waals surface area contributed by atoms with Gasteiger partial charge in [-0.1, -0.05) is 72.6 Å². The molecule has 1 aromatic carbocycles. The average molecular weight is 488 g/mol. The van der Waals surface area contributed by atoms with Crippen molar-refractivity contribution >= 4 is 5.97 Å². The molecule has 1 aliphatic heterocycles. The number of nitrogens with two attached hydrogens (primary N) is 1. The summed E-state index contributed by atoms with van der Waals surface area (Å²) in [6.45, 7) is 19.2.